The molecule has 3 heterocycles. The van der Waals surface area contributed by atoms with Gasteiger partial charge in [-0.3, -0.25) is 0 Å². The summed E-state index contributed by atoms with van der Waals surface area (Å²) in [6.45, 7) is 0. The molecule has 0 spiro atoms. The predicted octanol–water partition coefficient (Wildman–Crippen LogP) is 16.5. The van der Waals surface area contributed by atoms with Gasteiger partial charge in [-0.1, -0.05) is 200 Å². The highest BCUT2D eigenvalue weighted by Crippen LogP contribution is 2.42. The molecule has 10 aromatic carbocycles. The maximum Gasteiger partial charge on any atom is 0.164 e. The van der Waals surface area contributed by atoms with Crippen molar-refractivity contribution in [2.75, 3.05) is 0 Å². The van der Waals surface area contributed by atoms with Crippen LogP contribution < -0.4 is 0 Å². The summed E-state index contributed by atoms with van der Waals surface area (Å²) in [4.78, 5) is 15.4. The van der Waals surface area contributed by atoms with Gasteiger partial charge < -0.3 is 8.98 Å². The van der Waals surface area contributed by atoms with E-state index in [4.69, 9.17) is 19.4 Å². The van der Waals surface area contributed by atoms with Crippen LogP contribution in [0.4, 0.5) is 0 Å². The van der Waals surface area contributed by atoms with Crippen LogP contribution in [0.25, 0.3) is 128 Å². The third-order valence-corrected chi connectivity index (χ3v) is 13.1. The molecule has 0 aliphatic heterocycles. The maximum absolute atomic E-state index is 6.98. The normalized spacial score (nSPS) is 11.5. The number of hydrogen-bond acceptors (Lipinski definition) is 4. The van der Waals surface area contributed by atoms with Crippen LogP contribution in [-0.4, -0.2) is 19.5 Å². The summed E-state index contributed by atoms with van der Waals surface area (Å²) in [5.74, 6) is 1.77. The molecule has 5 nitrogen and oxygen atoms in total. The highest BCUT2D eigenvalue weighted by atomic mass is 16.3. The quantitative estimate of drug-likeness (QED) is 0.153. The molecule has 0 radical (unpaired) electrons. The van der Waals surface area contributed by atoms with Gasteiger partial charge in [0.05, 0.1) is 16.4 Å². The molecule has 0 fully saturated rings. The van der Waals surface area contributed by atoms with Crippen molar-refractivity contribution in [1.82, 2.24) is 19.5 Å². The SMILES string of the molecule is c1ccc(-c2ccc(-c3cccc(-n4c5ccccc5c5c6oc7cc(-c8nc(-c9ccc(-c%10ccccc%10)cc9)nc(-c9ccc(-c%10ccccc%10)cc9)n8)ccc7c6ccc54)c3)cc2)cc1. The smallest absolute Gasteiger partial charge is 0.164 e. The summed E-state index contributed by atoms with van der Waals surface area (Å²) in [6, 6.07) is 85.2. The Bertz CT molecular complexity index is 3870. The fourth-order valence-electron chi connectivity index (χ4n) is 9.66. The van der Waals surface area contributed by atoms with Crippen LogP contribution in [0.2, 0.25) is 0 Å². The second-order valence-corrected chi connectivity index (χ2v) is 17.2. The second kappa shape index (κ2) is 16.4. The van der Waals surface area contributed by atoms with Crippen LogP contribution in [-0.2, 0) is 0 Å². The molecule has 3 aromatic heterocycles. The molecule has 0 unspecified atom stereocenters. The number of hydrogen-bond donors (Lipinski definition) is 0. The lowest BCUT2D eigenvalue weighted by atomic mass is 10.00. The first kappa shape index (κ1) is 39.2. The molecule has 0 saturated carbocycles. The van der Waals surface area contributed by atoms with Gasteiger partial charge in [-0.15, -0.1) is 0 Å². The average Bonchev–Trinajstić information content (AvgIpc) is 3.97. The monoisotopic (exact) mass is 868 g/mol. The predicted molar refractivity (Wildman–Crippen MR) is 279 cm³/mol. The van der Waals surface area contributed by atoms with Gasteiger partial charge in [0.2, 0.25) is 0 Å². The Morgan fingerprint density at radius 1 is 0.279 bits per heavy atom. The highest BCUT2D eigenvalue weighted by Gasteiger charge is 2.20. The van der Waals surface area contributed by atoms with E-state index in [9.17, 15) is 0 Å². The summed E-state index contributed by atoms with van der Waals surface area (Å²) >= 11 is 0. The number of nitrogens with zero attached hydrogens (tertiary/aromatic N) is 4. The van der Waals surface area contributed by atoms with Gasteiger partial charge in [-0.25, -0.2) is 15.0 Å². The van der Waals surface area contributed by atoms with Gasteiger partial charge in [0.1, 0.15) is 11.2 Å². The number of fused-ring (bicyclic) bond motifs is 7. The summed E-state index contributed by atoms with van der Waals surface area (Å²) in [5, 5.41) is 4.30. The molecule has 0 aliphatic rings. The molecule has 0 amide bonds. The van der Waals surface area contributed by atoms with E-state index in [1.807, 2.05) is 12.1 Å². The van der Waals surface area contributed by atoms with E-state index in [0.717, 1.165) is 93.9 Å². The first-order valence-corrected chi connectivity index (χ1v) is 22.9. The molecule has 68 heavy (non-hydrogen) atoms. The number of benzene rings is 10. The fourth-order valence-corrected chi connectivity index (χ4v) is 9.66. The Hall–Kier alpha value is -9.19. The highest BCUT2D eigenvalue weighted by molar-refractivity contribution is 6.24. The molecule has 0 N–H and O–H groups in total. The second-order valence-electron chi connectivity index (χ2n) is 17.2. The lowest BCUT2D eigenvalue weighted by Crippen LogP contribution is -2.00. The number of para-hydroxylation sites is 1. The molecular formula is C63H40N4O. The van der Waals surface area contributed by atoms with E-state index in [2.05, 4.69) is 235 Å². The number of aromatic nitrogens is 4. The van der Waals surface area contributed by atoms with Crippen LogP contribution >= 0.6 is 0 Å². The van der Waals surface area contributed by atoms with Gasteiger partial charge in [-0.05, 0) is 87.0 Å². The summed E-state index contributed by atoms with van der Waals surface area (Å²) in [7, 11) is 0. The third kappa shape index (κ3) is 6.93. The largest absolute Gasteiger partial charge is 0.455 e. The van der Waals surface area contributed by atoms with Crippen molar-refractivity contribution in [1.29, 1.82) is 0 Å². The minimum absolute atomic E-state index is 0.572. The van der Waals surface area contributed by atoms with Crippen LogP contribution in [0.1, 0.15) is 0 Å². The van der Waals surface area contributed by atoms with Crippen molar-refractivity contribution in [2.45, 2.75) is 0 Å². The van der Waals surface area contributed by atoms with Crippen molar-refractivity contribution in [3.63, 3.8) is 0 Å². The lowest BCUT2D eigenvalue weighted by molar-refractivity contribution is 0.673. The number of furan rings is 1. The molecule has 0 saturated heterocycles. The molecule has 13 aromatic rings. The van der Waals surface area contributed by atoms with Gasteiger partial charge in [0, 0.05) is 38.5 Å². The van der Waals surface area contributed by atoms with Crippen LogP contribution in [0, 0.1) is 0 Å². The lowest BCUT2D eigenvalue weighted by Gasteiger charge is -2.11. The van der Waals surface area contributed by atoms with Gasteiger partial charge in [-0.2, -0.15) is 0 Å². The topological polar surface area (TPSA) is 56.7 Å². The van der Waals surface area contributed by atoms with Crippen LogP contribution in [0.5, 0.6) is 0 Å². The van der Waals surface area contributed by atoms with Gasteiger partial charge >= 0.3 is 0 Å². The average molecular weight is 869 g/mol. The summed E-state index contributed by atoms with van der Waals surface area (Å²) in [5.41, 5.74) is 16.9. The zero-order valence-corrected chi connectivity index (χ0v) is 36.8. The third-order valence-electron chi connectivity index (χ3n) is 13.1. The minimum atomic E-state index is 0.572. The van der Waals surface area contributed by atoms with Crippen molar-refractivity contribution >= 4 is 43.7 Å². The first-order chi connectivity index (χ1) is 33.7. The zero-order valence-electron chi connectivity index (χ0n) is 36.8. The number of rotatable bonds is 8. The standard InChI is InChI=1S/C63H40N4O/c1-4-13-41(14-5-1)44-23-25-47(26-24-44)50-19-12-20-52(39-50)67-56-22-11-10-21-55(56)59-57(67)38-37-54-53-36-35-51(40-58(53)68-60(54)59)63-65-61(48-31-27-45(28-32-48)42-15-6-2-7-16-42)64-62(66-63)49-33-29-46(30-34-49)43-17-8-3-9-18-43/h1-40H. The van der Waals surface area contributed by atoms with E-state index < -0.39 is 0 Å². The zero-order chi connectivity index (χ0) is 45.0. The fraction of sp³-hybridized carbons (Fsp3) is 0. The minimum Gasteiger partial charge on any atom is -0.455 e. The molecule has 0 aliphatic carbocycles. The molecule has 13 rings (SSSR count). The van der Waals surface area contributed by atoms with Crippen molar-refractivity contribution in [2.24, 2.45) is 0 Å². The Kier molecular flexibility index (Phi) is 9.43. The van der Waals surface area contributed by atoms with E-state index in [0.29, 0.717) is 17.5 Å². The molecule has 5 heteroatoms. The van der Waals surface area contributed by atoms with Crippen molar-refractivity contribution in [3.05, 3.63) is 243 Å². The Morgan fingerprint density at radius 3 is 1.26 bits per heavy atom. The molecule has 318 valence electrons. The van der Waals surface area contributed by atoms with E-state index in [1.54, 1.807) is 0 Å². The van der Waals surface area contributed by atoms with Crippen molar-refractivity contribution in [3.8, 4) is 84.4 Å². The van der Waals surface area contributed by atoms with E-state index >= 15 is 0 Å². The van der Waals surface area contributed by atoms with Crippen LogP contribution in [0.15, 0.2) is 247 Å². The van der Waals surface area contributed by atoms with Gasteiger partial charge in [0.15, 0.2) is 17.5 Å². The van der Waals surface area contributed by atoms with Gasteiger partial charge in [0.25, 0.3) is 0 Å². The van der Waals surface area contributed by atoms with E-state index in [1.165, 1.54) is 16.7 Å². The first-order valence-electron chi connectivity index (χ1n) is 22.9. The van der Waals surface area contributed by atoms with Crippen molar-refractivity contribution < 1.29 is 4.42 Å². The Balaban J connectivity index is 0.912. The molecule has 0 bridgehead atoms. The molecular weight excluding hydrogens is 829 g/mol. The Morgan fingerprint density at radius 2 is 0.706 bits per heavy atom. The summed E-state index contributed by atoms with van der Waals surface area (Å²) < 4.78 is 9.34. The molecule has 0 atom stereocenters. The van der Waals surface area contributed by atoms with Crippen LogP contribution in [0.3, 0.4) is 0 Å². The summed E-state index contributed by atoms with van der Waals surface area (Å²) in [6.07, 6.45) is 0. The maximum atomic E-state index is 6.98. The van der Waals surface area contributed by atoms with E-state index in [-0.39, 0.29) is 0 Å². The Labute approximate surface area is 392 Å².